The van der Waals surface area contributed by atoms with E-state index in [0.29, 0.717) is 0 Å². The van der Waals surface area contributed by atoms with Gasteiger partial charge in [0.15, 0.2) is 5.69 Å². The number of nitrogens with zero attached hydrogens (tertiary/aromatic N) is 2. The molecule has 1 aromatic heterocycles. The molecule has 0 aliphatic heterocycles. The second kappa shape index (κ2) is 3.98. The number of carboxylic acids is 1. The molecule has 1 rings (SSSR count). The van der Waals surface area contributed by atoms with Crippen molar-refractivity contribution in [1.82, 2.24) is 9.97 Å². The topological polar surface area (TPSA) is 63.1 Å². The van der Waals surface area contributed by atoms with Crippen molar-refractivity contribution >= 4 is 5.97 Å². The SMILES string of the molecule is O=C(O)c1cnccn1.[Cu]. The first-order valence-corrected chi connectivity index (χ1v) is 2.30. The molecule has 1 heterocycles. The number of hydrogen-bond acceptors (Lipinski definition) is 3. The maximum atomic E-state index is 10.1. The van der Waals surface area contributed by atoms with Crippen molar-refractivity contribution in [2.75, 3.05) is 0 Å². The Morgan fingerprint density at radius 1 is 1.50 bits per heavy atom. The van der Waals surface area contributed by atoms with Gasteiger partial charge >= 0.3 is 5.97 Å². The summed E-state index contributed by atoms with van der Waals surface area (Å²) in [5.74, 6) is -1.05. The second-order valence-corrected chi connectivity index (χ2v) is 1.40. The molecule has 0 atom stereocenters. The molecule has 0 amide bonds. The molecule has 57 valence electrons. The minimum Gasteiger partial charge on any atom is -0.476 e. The van der Waals surface area contributed by atoms with E-state index in [1.165, 1.54) is 18.6 Å². The summed E-state index contributed by atoms with van der Waals surface area (Å²) in [7, 11) is 0. The molecule has 0 spiro atoms. The predicted molar refractivity (Wildman–Crippen MR) is 29.0 cm³/mol. The second-order valence-electron chi connectivity index (χ2n) is 1.40. The number of rotatable bonds is 1. The molecule has 5 heteroatoms. The fourth-order valence-electron chi connectivity index (χ4n) is 0.410. The standard InChI is InChI=1S/C5H4N2O2.Cu/c8-5(9)4-3-6-1-2-7-4;/h1-3H,(H,8,9);. The van der Waals surface area contributed by atoms with Gasteiger partial charge in [-0.3, -0.25) is 4.98 Å². The first kappa shape index (κ1) is 9.07. The Morgan fingerprint density at radius 3 is 2.50 bits per heavy atom. The quantitative estimate of drug-likeness (QED) is 0.637. The average Bonchev–Trinajstić information content (AvgIpc) is 1.90. The molecule has 0 aliphatic carbocycles. The van der Waals surface area contributed by atoms with Crippen molar-refractivity contribution in [1.29, 1.82) is 0 Å². The monoisotopic (exact) mass is 187 g/mol. The molecular weight excluding hydrogens is 184 g/mol. The van der Waals surface area contributed by atoms with E-state index < -0.39 is 5.97 Å². The molecule has 0 saturated carbocycles. The number of carboxylic acid groups (broad SMARTS) is 1. The van der Waals surface area contributed by atoms with Crippen molar-refractivity contribution < 1.29 is 27.0 Å². The molecule has 0 bridgehead atoms. The van der Waals surface area contributed by atoms with Crippen LogP contribution in [0.2, 0.25) is 0 Å². The fraction of sp³-hybridized carbons (Fsp3) is 0. The molecule has 0 unspecified atom stereocenters. The van der Waals surface area contributed by atoms with Gasteiger partial charge in [0.2, 0.25) is 0 Å². The van der Waals surface area contributed by atoms with Crippen LogP contribution in [0.1, 0.15) is 10.5 Å². The number of hydrogen-bond donors (Lipinski definition) is 1. The van der Waals surface area contributed by atoms with E-state index in [1.807, 2.05) is 0 Å². The largest absolute Gasteiger partial charge is 0.476 e. The van der Waals surface area contributed by atoms with Crippen molar-refractivity contribution in [3.05, 3.63) is 24.3 Å². The van der Waals surface area contributed by atoms with E-state index in [0.717, 1.165) is 0 Å². The Labute approximate surface area is 67.8 Å². The van der Waals surface area contributed by atoms with Gasteiger partial charge < -0.3 is 5.11 Å². The van der Waals surface area contributed by atoms with Crippen LogP contribution in [-0.2, 0) is 17.1 Å². The van der Waals surface area contributed by atoms with Gasteiger partial charge in [-0.15, -0.1) is 0 Å². The summed E-state index contributed by atoms with van der Waals surface area (Å²) < 4.78 is 0. The molecule has 10 heavy (non-hydrogen) atoms. The zero-order valence-electron chi connectivity index (χ0n) is 4.78. The molecule has 1 aromatic rings. The Bertz CT molecular complexity index is 214. The smallest absolute Gasteiger partial charge is 0.356 e. The zero-order valence-corrected chi connectivity index (χ0v) is 5.73. The van der Waals surface area contributed by atoms with Crippen LogP contribution in [0.15, 0.2) is 18.6 Å². The van der Waals surface area contributed by atoms with Crippen LogP contribution in [0.5, 0.6) is 0 Å². The van der Waals surface area contributed by atoms with E-state index in [-0.39, 0.29) is 22.8 Å². The Hall–Kier alpha value is -0.931. The minimum absolute atomic E-state index is 0. The van der Waals surface area contributed by atoms with E-state index in [1.54, 1.807) is 0 Å². The molecule has 0 saturated heterocycles. The average molecular weight is 188 g/mol. The van der Waals surface area contributed by atoms with Crippen LogP contribution < -0.4 is 0 Å². The van der Waals surface area contributed by atoms with Gasteiger partial charge in [0.05, 0.1) is 6.20 Å². The molecule has 1 N–H and O–H groups in total. The van der Waals surface area contributed by atoms with Crippen LogP contribution in [0, 0.1) is 0 Å². The van der Waals surface area contributed by atoms with Crippen LogP contribution in [0.4, 0.5) is 0 Å². The third kappa shape index (κ3) is 2.13. The van der Waals surface area contributed by atoms with Gasteiger partial charge in [-0.2, -0.15) is 0 Å². The normalized spacial score (nSPS) is 8.00. The third-order valence-corrected chi connectivity index (χ3v) is 0.782. The first-order chi connectivity index (χ1) is 4.30. The zero-order chi connectivity index (χ0) is 6.69. The summed E-state index contributed by atoms with van der Waals surface area (Å²) in [4.78, 5) is 17.2. The summed E-state index contributed by atoms with van der Waals surface area (Å²) in [5.41, 5.74) is -0.0301. The molecule has 4 nitrogen and oxygen atoms in total. The van der Waals surface area contributed by atoms with Crippen LogP contribution in [0.3, 0.4) is 0 Å². The Balaban J connectivity index is 0.000000810. The van der Waals surface area contributed by atoms with Gasteiger partial charge in [0.1, 0.15) is 0 Å². The van der Waals surface area contributed by atoms with Crippen LogP contribution in [-0.4, -0.2) is 21.0 Å². The summed E-state index contributed by atoms with van der Waals surface area (Å²) in [6.07, 6.45) is 3.96. The summed E-state index contributed by atoms with van der Waals surface area (Å²) in [6.45, 7) is 0. The number of aromatic carboxylic acids is 1. The Kier molecular flexibility index (Phi) is 3.61. The fourth-order valence-corrected chi connectivity index (χ4v) is 0.410. The van der Waals surface area contributed by atoms with Crippen molar-refractivity contribution in [3.8, 4) is 0 Å². The van der Waals surface area contributed by atoms with E-state index >= 15 is 0 Å². The molecule has 1 radical (unpaired) electrons. The van der Waals surface area contributed by atoms with Crippen molar-refractivity contribution in [2.24, 2.45) is 0 Å². The minimum atomic E-state index is -1.05. The van der Waals surface area contributed by atoms with Gasteiger partial charge in [-0.25, -0.2) is 9.78 Å². The molecular formula is C5H4CuN2O2. The third-order valence-electron chi connectivity index (χ3n) is 0.782. The summed E-state index contributed by atoms with van der Waals surface area (Å²) >= 11 is 0. The van der Waals surface area contributed by atoms with Crippen LogP contribution in [0.25, 0.3) is 0 Å². The summed E-state index contributed by atoms with van der Waals surface area (Å²) in [6, 6.07) is 0. The number of carbonyl (C=O) groups is 1. The van der Waals surface area contributed by atoms with Crippen LogP contribution >= 0.6 is 0 Å². The molecule has 0 aliphatic rings. The van der Waals surface area contributed by atoms with E-state index in [4.69, 9.17) is 5.11 Å². The first-order valence-electron chi connectivity index (χ1n) is 2.30. The summed E-state index contributed by atoms with van der Waals surface area (Å²) in [5, 5.41) is 8.28. The van der Waals surface area contributed by atoms with Gasteiger partial charge in [0.25, 0.3) is 0 Å². The maximum Gasteiger partial charge on any atom is 0.356 e. The molecule has 0 fully saturated rings. The van der Waals surface area contributed by atoms with Gasteiger partial charge in [0, 0.05) is 29.5 Å². The molecule has 0 aromatic carbocycles. The maximum absolute atomic E-state index is 10.1. The van der Waals surface area contributed by atoms with E-state index in [2.05, 4.69) is 9.97 Å². The number of aromatic nitrogens is 2. The predicted octanol–water partition coefficient (Wildman–Crippen LogP) is 0.172. The van der Waals surface area contributed by atoms with E-state index in [9.17, 15) is 4.79 Å². The Morgan fingerprint density at radius 2 is 2.20 bits per heavy atom. The van der Waals surface area contributed by atoms with Gasteiger partial charge in [-0.1, -0.05) is 0 Å². The van der Waals surface area contributed by atoms with Gasteiger partial charge in [-0.05, 0) is 0 Å². The van der Waals surface area contributed by atoms with Crippen molar-refractivity contribution in [2.45, 2.75) is 0 Å². The van der Waals surface area contributed by atoms with Crippen molar-refractivity contribution in [3.63, 3.8) is 0 Å².